The van der Waals surface area contributed by atoms with E-state index < -0.39 is 22.0 Å². The van der Waals surface area contributed by atoms with Crippen molar-refractivity contribution in [3.05, 3.63) is 53.6 Å². The maximum atomic E-state index is 12.4. The first-order valence-electron chi connectivity index (χ1n) is 6.52. The van der Waals surface area contributed by atoms with Crippen molar-refractivity contribution >= 4 is 27.6 Å². The van der Waals surface area contributed by atoms with Crippen LogP contribution in [0.1, 0.15) is 20.7 Å². The van der Waals surface area contributed by atoms with Gasteiger partial charge in [0.2, 0.25) is 0 Å². The lowest BCUT2D eigenvalue weighted by molar-refractivity contribution is 0.0684. The summed E-state index contributed by atoms with van der Waals surface area (Å²) in [6.45, 7) is 0. The second kappa shape index (κ2) is 6.59. The fourth-order valence-electron chi connectivity index (χ4n) is 1.95. The fourth-order valence-corrected chi connectivity index (χ4v) is 3.03. The number of rotatable bonds is 6. The van der Waals surface area contributed by atoms with Crippen LogP contribution in [0, 0.1) is 0 Å². The number of sulfonamides is 1. The van der Waals surface area contributed by atoms with E-state index in [2.05, 4.69) is 4.72 Å². The number of methoxy groups -OCH3 is 1. The Morgan fingerprint density at radius 1 is 1.04 bits per heavy atom. The minimum atomic E-state index is -4.10. The highest BCUT2D eigenvalue weighted by molar-refractivity contribution is 7.92. The molecule has 126 valence electrons. The molecule has 9 heteroatoms. The summed E-state index contributed by atoms with van der Waals surface area (Å²) in [4.78, 5) is 21.8. The third-order valence-electron chi connectivity index (χ3n) is 3.07. The van der Waals surface area contributed by atoms with Gasteiger partial charge in [0, 0.05) is 5.69 Å². The second-order valence-corrected chi connectivity index (χ2v) is 6.34. The summed E-state index contributed by atoms with van der Waals surface area (Å²) >= 11 is 0. The van der Waals surface area contributed by atoms with Gasteiger partial charge in [-0.3, -0.25) is 4.72 Å². The fraction of sp³-hybridized carbons (Fsp3) is 0.0667. The standard InChI is InChI=1S/C15H13NO7S/c1-23-13-6-5-11(8-12(13)15(19)20)24(21,22)16-10-4-2-3-9(7-10)14(17)18/h2-8,16H,1H3,(H,17,18)(H,19,20). The van der Waals surface area contributed by atoms with Crippen LogP contribution in [-0.4, -0.2) is 37.7 Å². The number of benzene rings is 2. The number of ether oxygens (including phenoxy) is 1. The number of hydrogen-bond acceptors (Lipinski definition) is 5. The van der Waals surface area contributed by atoms with Gasteiger partial charge in [-0.2, -0.15) is 0 Å². The normalized spacial score (nSPS) is 10.9. The topological polar surface area (TPSA) is 130 Å². The molecule has 8 nitrogen and oxygen atoms in total. The molecule has 0 unspecified atom stereocenters. The van der Waals surface area contributed by atoms with Crippen molar-refractivity contribution in [3.63, 3.8) is 0 Å². The van der Waals surface area contributed by atoms with Crippen LogP contribution in [0.5, 0.6) is 5.75 Å². The molecular formula is C15H13NO7S. The van der Waals surface area contributed by atoms with Gasteiger partial charge in [0.1, 0.15) is 11.3 Å². The number of nitrogens with one attached hydrogen (secondary N) is 1. The van der Waals surface area contributed by atoms with Gasteiger partial charge in [0.25, 0.3) is 10.0 Å². The SMILES string of the molecule is COc1ccc(S(=O)(=O)Nc2cccc(C(=O)O)c2)cc1C(=O)O. The van der Waals surface area contributed by atoms with E-state index in [0.29, 0.717) is 0 Å². The maximum Gasteiger partial charge on any atom is 0.339 e. The Bertz CT molecular complexity index is 906. The summed E-state index contributed by atoms with van der Waals surface area (Å²) in [5.41, 5.74) is -0.349. The molecule has 0 fully saturated rings. The molecular weight excluding hydrogens is 338 g/mol. The summed E-state index contributed by atoms with van der Waals surface area (Å²) in [5, 5.41) is 18.0. The Morgan fingerprint density at radius 2 is 1.75 bits per heavy atom. The van der Waals surface area contributed by atoms with E-state index in [9.17, 15) is 18.0 Å². The molecule has 0 spiro atoms. The Hall–Kier alpha value is -3.07. The molecule has 0 aliphatic heterocycles. The van der Waals surface area contributed by atoms with Gasteiger partial charge < -0.3 is 14.9 Å². The number of carboxylic acids is 2. The van der Waals surface area contributed by atoms with E-state index in [1.807, 2.05) is 0 Å². The average molecular weight is 351 g/mol. The van der Waals surface area contributed by atoms with Crippen molar-refractivity contribution in [1.29, 1.82) is 0 Å². The molecule has 0 heterocycles. The molecule has 3 N–H and O–H groups in total. The molecule has 0 bridgehead atoms. The van der Waals surface area contributed by atoms with Crippen LogP contribution in [0.4, 0.5) is 5.69 Å². The molecule has 2 aromatic rings. The largest absolute Gasteiger partial charge is 0.496 e. The summed E-state index contributed by atoms with van der Waals surface area (Å²) in [5.74, 6) is -2.51. The van der Waals surface area contributed by atoms with Gasteiger partial charge >= 0.3 is 11.9 Å². The van der Waals surface area contributed by atoms with Crippen LogP contribution in [0.2, 0.25) is 0 Å². The molecule has 0 atom stereocenters. The zero-order chi connectivity index (χ0) is 17.9. The third kappa shape index (κ3) is 3.63. The van der Waals surface area contributed by atoms with Gasteiger partial charge in [0.15, 0.2) is 0 Å². The number of carboxylic acid groups (broad SMARTS) is 2. The number of hydrogen-bond donors (Lipinski definition) is 3. The smallest absolute Gasteiger partial charge is 0.339 e. The lowest BCUT2D eigenvalue weighted by Gasteiger charge is -2.11. The zero-order valence-corrected chi connectivity index (χ0v) is 13.2. The second-order valence-electron chi connectivity index (χ2n) is 4.66. The number of anilines is 1. The molecule has 0 radical (unpaired) electrons. The highest BCUT2D eigenvalue weighted by Gasteiger charge is 2.20. The van der Waals surface area contributed by atoms with Crippen molar-refractivity contribution in [1.82, 2.24) is 0 Å². The highest BCUT2D eigenvalue weighted by Crippen LogP contribution is 2.24. The Kier molecular flexibility index (Phi) is 4.74. The summed E-state index contributed by atoms with van der Waals surface area (Å²) in [6.07, 6.45) is 0. The van der Waals surface area contributed by atoms with Crippen molar-refractivity contribution in [2.45, 2.75) is 4.90 Å². The lowest BCUT2D eigenvalue weighted by atomic mass is 10.2. The van der Waals surface area contributed by atoms with E-state index in [0.717, 1.165) is 12.1 Å². The molecule has 0 saturated heterocycles. The molecule has 2 aromatic carbocycles. The zero-order valence-electron chi connectivity index (χ0n) is 12.4. The first kappa shape index (κ1) is 17.3. The highest BCUT2D eigenvalue weighted by atomic mass is 32.2. The third-order valence-corrected chi connectivity index (χ3v) is 4.45. The number of aromatic carboxylic acids is 2. The van der Waals surface area contributed by atoms with Crippen molar-refractivity contribution in [2.24, 2.45) is 0 Å². The summed E-state index contributed by atoms with van der Waals surface area (Å²) < 4.78 is 31.8. The monoisotopic (exact) mass is 351 g/mol. The van der Waals surface area contributed by atoms with Crippen LogP contribution in [0.15, 0.2) is 47.4 Å². The van der Waals surface area contributed by atoms with Gasteiger partial charge in [0.05, 0.1) is 17.6 Å². The Balaban J connectivity index is 2.41. The molecule has 0 saturated carbocycles. The first-order chi connectivity index (χ1) is 11.2. The van der Waals surface area contributed by atoms with Crippen molar-refractivity contribution in [2.75, 3.05) is 11.8 Å². The molecule has 0 aromatic heterocycles. The van der Waals surface area contributed by atoms with Crippen LogP contribution in [-0.2, 0) is 10.0 Å². The summed E-state index contributed by atoms with van der Waals surface area (Å²) in [7, 11) is -2.83. The van der Waals surface area contributed by atoms with Crippen molar-refractivity contribution < 1.29 is 33.0 Å². The van der Waals surface area contributed by atoms with Gasteiger partial charge in [-0.1, -0.05) is 6.07 Å². The van der Waals surface area contributed by atoms with E-state index >= 15 is 0 Å². The van der Waals surface area contributed by atoms with E-state index in [1.165, 1.54) is 37.4 Å². The Labute approximate surface area is 137 Å². The van der Waals surface area contributed by atoms with Gasteiger partial charge in [-0.05, 0) is 36.4 Å². The van der Waals surface area contributed by atoms with Crippen LogP contribution >= 0.6 is 0 Å². The van der Waals surface area contributed by atoms with Crippen molar-refractivity contribution in [3.8, 4) is 5.75 Å². The number of carbonyl (C=O) groups is 2. The van der Waals surface area contributed by atoms with Crippen LogP contribution in [0.3, 0.4) is 0 Å². The molecule has 0 amide bonds. The van der Waals surface area contributed by atoms with Gasteiger partial charge in [-0.25, -0.2) is 18.0 Å². The average Bonchev–Trinajstić information content (AvgIpc) is 2.53. The van der Waals surface area contributed by atoms with E-state index in [-0.39, 0.29) is 27.5 Å². The molecule has 24 heavy (non-hydrogen) atoms. The lowest BCUT2D eigenvalue weighted by Crippen LogP contribution is -2.14. The van der Waals surface area contributed by atoms with Crippen LogP contribution in [0.25, 0.3) is 0 Å². The minimum absolute atomic E-state index is 0.0225. The first-order valence-corrected chi connectivity index (χ1v) is 8.00. The maximum absolute atomic E-state index is 12.4. The predicted molar refractivity (Wildman–Crippen MR) is 84.2 cm³/mol. The van der Waals surface area contributed by atoms with Gasteiger partial charge in [-0.15, -0.1) is 0 Å². The quantitative estimate of drug-likeness (QED) is 0.724. The minimum Gasteiger partial charge on any atom is -0.496 e. The predicted octanol–water partition coefficient (Wildman–Crippen LogP) is 1.89. The van der Waals surface area contributed by atoms with Crippen LogP contribution < -0.4 is 9.46 Å². The Morgan fingerprint density at radius 3 is 2.33 bits per heavy atom. The van der Waals surface area contributed by atoms with E-state index in [4.69, 9.17) is 14.9 Å². The van der Waals surface area contributed by atoms with E-state index in [1.54, 1.807) is 0 Å². The molecule has 0 aliphatic carbocycles. The molecule has 0 aliphatic rings. The molecule has 2 rings (SSSR count). The summed E-state index contributed by atoms with van der Waals surface area (Å²) in [6, 6.07) is 8.62.